The maximum absolute atomic E-state index is 13.0. The molecule has 2 aliphatic heterocycles. The Morgan fingerprint density at radius 3 is 2.55 bits per heavy atom. The molecule has 3 fully saturated rings. The Morgan fingerprint density at radius 2 is 1.77 bits per heavy atom. The van der Waals surface area contributed by atoms with Crippen molar-refractivity contribution in [1.29, 1.82) is 0 Å². The fourth-order valence-electron chi connectivity index (χ4n) is 6.97. The topological polar surface area (TPSA) is 90.2 Å². The molecule has 11 heteroatoms. The number of nitrogens with one attached hydrogen (secondary N) is 1. The Bertz CT molecular complexity index is 1420. The van der Waals surface area contributed by atoms with Gasteiger partial charge in [0.25, 0.3) is 5.91 Å². The molecule has 2 saturated heterocycles. The zero-order valence-electron chi connectivity index (χ0n) is 22.0. The van der Waals surface area contributed by atoms with E-state index in [0.717, 1.165) is 55.6 Å². The molecule has 1 saturated carbocycles. The Hall–Kier alpha value is -3.44. The first-order valence-electron chi connectivity index (χ1n) is 13.8. The molecule has 3 aliphatic rings. The minimum absolute atomic E-state index is 0.0541. The number of rotatable bonds is 5. The molecule has 2 N–H and O–H groups in total. The summed E-state index contributed by atoms with van der Waals surface area (Å²) < 4.78 is 40.9. The van der Waals surface area contributed by atoms with Crippen molar-refractivity contribution >= 4 is 17.3 Å². The lowest BCUT2D eigenvalue weighted by atomic mass is 9.79. The van der Waals surface area contributed by atoms with Gasteiger partial charge in [-0.1, -0.05) is 12.1 Å². The smallest absolute Gasteiger partial charge is 0.384 e. The van der Waals surface area contributed by atoms with Crippen LogP contribution in [0.25, 0.3) is 5.52 Å². The Balaban J connectivity index is 1.04. The monoisotopic (exact) mass is 555 g/mol. The predicted molar refractivity (Wildman–Crippen MR) is 140 cm³/mol. The molecule has 4 heterocycles. The van der Waals surface area contributed by atoms with E-state index in [1.54, 1.807) is 12.5 Å². The number of alkyl halides is 3. The maximum Gasteiger partial charge on any atom is 0.416 e. The average molecular weight is 556 g/mol. The third kappa shape index (κ3) is 4.85. The zero-order valence-corrected chi connectivity index (χ0v) is 22.0. The Kier molecular flexibility index (Phi) is 6.82. The van der Waals surface area contributed by atoms with Gasteiger partial charge in [-0.05, 0) is 68.9 Å². The summed E-state index contributed by atoms with van der Waals surface area (Å²) in [7, 11) is 0. The van der Waals surface area contributed by atoms with Crippen LogP contribution in [0.1, 0.15) is 60.1 Å². The summed E-state index contributed by atoms with van der Waals surface area (Å²) >= 11 is 0. The van der Waals surface area contributed by atoms with E-state index in [1.807, 2.05) is 27.5 Å². The van der Waals surface area contributed by atoms with Crippen molar-refractivity contribution in [3.8, 4) is 0 Å². The van der Waals surface area contributed by atoms with Crippen LogP contribution in [-0.4, -0.2) is 73.9 Å². The van der Waals surface area contributed by atoms with Crippen LogP contribution in [0.4, 0.5) is 13.2 Å². The molecule has 212 valence electrons. The summed E-state index contributed by atoms with van der Waals surface area (Å²) in [6, 6.07) is 10.7. The number of benzene rings is 1. The van der Waals surface area contributed by atoms with Gasteiger partial charge >= 0.3 is 6.18 Å². The lowest BCUT2D eigenvalue weighted by Gasteiger charge is -2.41. The number of carbonyl (C=O) groups is 2. The standard InChI is InChI=1S/C29H32F3N5O3/c30-29(31,32)20-4-1-3-19(15-20)27(39)34-17-26(38)36-14-10-23-24(36)9-13-35(23)21-7-11-28(40,12-8-21)25-6-2-5-22-16-33-18-37(22)25/h1-6,15-16,18,21,23-24,40H,7-14,17H2,(H,34,39). The number of hydrogen-bond donors (Lipinski definition) is 2. The minimum Gasteiger partial charge on any atom is -0.384 e. The maximum atomic E-state index is 13.0. The van der Waals surface area contributed by atoms with E-state index >= 15 is 0 Å². The highest BCUT2D eigenvalue weighted by molar-refractivity contribution is 5.96. The first-order chi connectivity index (χ1) is 19.1. The van der Waals surface area contributed by atoms with Crippen LogP contribution in [0.15, 0.2) is 55.0 Å². The molecule has 0 spiro atoms. The number of aliphatic hydroxyl groups is 1. The van der Waals surface area contributed by atoms with Crippen molar-refractivity contribution in [2.45, 2.75) is 68.4 Å². The molecular formula is C29H32F3N5O3. The number of hydrogen-bond acceptors (Lipinski definition) is 5. The van der Waals surface area contributed by atoms with E-state index in [-0.39, 0.29) is 30.1 Å². The highest BCUT2D eigenvalue weighted by atomic mass is 19.4. The largest absolute Gasteiger partial charge is 0.416 e. The number of carbonyl (C=O) groups excluding carboxylic acids is 2. The molecule has 8 nitrogen and oxygen atoms in total. The third-order valence-electron chi connectivity index (χ3n) is 8.97. The second-order valence-electron chi connectivity index (χ2n) is 11.2. The number of imidazole rings is 1. The molecule has 0 bridgehead atoms. The molecule has 1 aliphatic carbocycles. The van der Waals surface area contributed by atoms with Crippen molar-refractivity contribution in [3.05, 3.63) is 71.8 Å². The van der Waals surface area contributed by atoms with Gasteiger partial charge in [-0.25, -0.2) is 4.98 Å². The Morgan fingerprint density at radius 1 is 1.02 bits per heavy atom. The van der Waals surface area contributed by atoms with Crippen LogP contribution in [0, 0.1) is 0 Å². The molecular weight excluding hydrogens is 523 g/mol. The second-order valence-corrected chi connectivity index (χ2v) is 11.2. The molecule has 2 unspecified atom stereocenters. The van der Waals surface area contributed by atoms with Crippen molar-refractivity contribution in [2.75, 3.05) is 19.6 Å². The average Bonchev–Trinajstić information content (AvgIpc) is 3.68. The van der Waals surface area contributed by atoms with Gasteiger partial charge in [0, 0.05) is 36.8 Å². The second kappa shape index (κ2) is 10.2. The first kappa shape index (κ1) is 26.8. The molecule has 2 amide bonds. The van der Waals surface area contributed by atoms with Crippen LogP contribution >= 0.6 is 0 Å². The number of amides is 2. The van der Waals surface area contributed by atoms with Gasteiger partial charge in [-0.3, -0.25) is 14.5 Å². The van der Waals surface area contributed by atoms with Crippen LogP contribution in [0.3, 0.4) is 0 Å². The lowest BCUT2D eigenvalue weighted by molar-refractivity contribution is -0.137. The fourth-order valence-corrected chi connectivity index (χ4v) is 6.97. The van der Waals surface area contributed by atoms with Crippen LogP contribution < -0.4 is 5.32 Å². The summed E-state index contributed by atoms with van der Waals surface area (Å²) in [5.41, 5.74) is -0.122. The normalized spacial score (nSPS) is 27.2. The number of aromatic nitrogens is 2. The molecule has 1 aromatic carbocycles. The van der Waals surface area contributed by atoms with Gasteiger partial charge in [0.15, 0.2) is 0 Å². The van der Waals surface area contributed by atoms with Gasteiger partial charge in [0.1, 0.15) is 5.60 Å². The minimum atomic E-state index is -4.55. The van der Waals surface area contributed by atoms with E-state index in [9.17, 15) is 27.9 Å². The quantitative estimate of drug-likeness (QED) is 0.503. The van der Waals surface area contributed by atoms with E-state index in [4.69, 9.17) is 0 Å². The zero-order chi connectivity index (χ0) is 28.1. The number of nitrogens with zero attached hydrogens (tertiary/aromatic N) is 4. The predicted octanol–water partition coefficient (Wildman–Crippen LogP) is 3.59. The first-order valence-corrected chi connectivity index (χ1v) is 13.8. The number of fused-ring (bicyclic) bond motifs is 2. The van der Waals surface area contributed by atoms with E-state index in [2.05, 4.69) is 15.2 Å². The van der Waals surface area contributed by atoms with Crippen molar-refractivity contribution < 1.29 is 27.9 Å². The molecule has 0 radical (unpaired) electrons. The molecule has 6 rings (SSSR count). The SMILES string of the molecule is O=C(NCC(=O)N1CCC2C1CCN2C1CCC(O)(c2cccc3cncn23)CC1)c1cccc(C(F)(F)F)c1. The summed E-state index contributed by atoms with van der Waals surface area (Å²) in [6.45, 7) is 1.20. The van der Waals surface area contributed by atoms with Crippen molar-refractivity contribution in [1.82, 2.24) is 24.5 Å². The van der Waals surface area contributed by atoms with Gasteiger partial charge < -0.3 is 19.7 Å². The van der Waals surface area contributed by atoms with Gasteiger partial charge in [-0.15, -0.1) is 0 Å². The summed E-state index contributed by atoms with van der Waals surface area (Å²) in [4.78, 5) is 34.0. The molecule has 2 aromatic heterocycles. The van der Waals surface area contributed by atoms with Gasteiger partial charge in [0.2, 0.25) is 5.91 Å². The Labute approximate surface area is 229 Å². The van der Waals surface area contributed by atoms with Gasteiger partial charge in [0.05, 0.1) is 35.8 Å². The number of halogens is 3. The van der Waals surface area contributed by atoms with Crippen molar-refractivity contribution in [3.63, 3.8) is 0 Å². The molecule has 3 aromatic rings. The highest BCUT2D eigenvalue weighted by Crippen LogP contribution is 2.42. The van der Waals surface area contributed by atoms with Gasteiger partial charge in [-0.2, -0.15) is 13.2 Å². The summed E-state index contributed by atoms with van der Waals surface area (Å²) in [5, 5.41) is 14.1. The lowest BCUT2D eigenvalue weighted by Crippen LogP contribution is -2.47. The third-order valence-corrected chi connectivity index (χ3v) is 8.97. The van der Waals surface area contributed by atoms with Crippen LogP contribution in [0.5, 0.6) is 0 Å². The van der Waals surface area contributed by atoms with E-state index < -0.39 is 23.2 Å². The van der Waals surface area contributed by atoms with Crippen LogP contribution in [-0.2, 0) is 16.6 Å². The van der Waals surface area contributed by atoms with Crippen molar-refractivity contribution in [2.24, 2.45) is 0 Å². The summed E-state index contributed by atoms with van der Waals surface area (Å²) in [5.74, 6) is -0.926. The fraction of sp³-hybridized carbons (Fsp3) is 0.483. The van der Waals surface area contributed by atoms with Crippen LogP contribution in [0.2, 0.25) is 0 Å². The van der Waals surface area contributed by atoms with E-state index in [0.29, 0.717) is 25.4 Å². The number of pyridine rings is 1. The summed E-state index contributed by atoms with van der Waals surface area (Å²) in [6.07, 6.45) is 3.66. The molecule has 2 atom stereocenters. The molecule has 40 heavy (non-hydrogen) atoms. The highest BCUT2D eigenvalue weighted by Gasteiger charge is 2.48. The number of likely N-dealkylation sites (tertiary alicyclic amines) is 2. The van der Waals surface area contributed by atoms with E-state index in [1.165, 1.54) is 12.1 Å².